The first-order valence-corrected chi connectivity index (χ1v) is 6.85. The number of hydrogen-bond acceptors (Lipinski definition) is 3. The molecule has 1 atom stereocenters. The highest BCUT2D eigenvalue weighted by Crippen LogP contribution is 2.27. The average Bonchev–Trinajstić information content (AvgIpc) is 2.78. The molecule has 1 fully saturated rings. The lowest BCUT2D eigenvalue weighted by atomic mass is 10.1. The molecule has 5 nitrogen and oxygen atoms in total. The Morgan fingerprint density at radius 3 is 3.00 bits per heavy atom. The number of nitrogens with zero attached hydrogens (tertiary/aromatic N) is 1. The first-order valence-electron chi connectivity index (χ1n) is 6.06. The van der Waals surface area contributed by atoms with Gasteiger partial charge in [-0.3, -0.25) is 9.59 Å². The van der Waals surface area contributed by atoms with Gasteiger partial charge in [0.2, 0.25) is 11.8 Å². The Morgan fingerprint density at radius 1 is 1.53 bits per heavy atom. The fraction of sp³-hybridized carbons (Fsp3) is 0.385. The maximum Gasteiger partial charge on any atom is 0.227 e. The number of halogens is 1. The van der Waals surface area contributed by atoms with Gasteiger partial charge in [0.15, 0.2) is 0 Å². The monoisotopic (exact) mass is 326 g/mol. The molecule has 1 saturated heterocycles. The molecule has 1 unspecified atom stereocenters. The molecule has 102 valence electrons. The van der Waals surface area contributed by atoms with Gasteiger partial charge >= 0.3 is 0 Å². The first kappa shape index (κ1) is 14.0. The number of amides is 2. The van der Waals surface area contributed by atoms with Gasteiger partial charge in [0, 0.05) is 29.7 Å². The largest absolute Gasteiger partial charge is 0.395 e. The number of aliphatic hydroxyl groups excluding tert-OH is 1. The van der Waals surface area contributed by atoms with Crippen LogP contribution in [0.4, 0.5) is 5.69 Å². The molecule has 1 aliphatic heterocycles. The van der Waals surface area contributed by atoms with Crippen LogP contribution in [0.2, 0.25) is 0 Å². The van der Waals surface area contributed by atoms with Gasteiger partial charge in [-0.2, -0.15) is 0 Å². The fourth-order valence-corrected chi connectivity index (χ4v) is 2.49. The molecule has 1 aliphatic rings. The van der Waals surface area contributed by atoms with Crippen LogP contribution in [0, 0.1) is 5.92 Å². The summed E-state index contributed by atoms with van der Waals surface area (Å²) in [5, 5.41) is 11.3. The zero-order valence-corrected chi connectivity index (χ0v) is 11.9. The summed E-state index contributed by atoms with van der Waals surface area (Å²) in [6.45, 7) is 0.509. The van der Waals surface area contributed by atoms with E-state index in [1.807, 2.05) is 24.3 Å². The second kappa shape index (κ2) is 6.16. The summed E-state index contributed by atoms with van der Waals surface area (Å²) in [7, 11) is 0. The molecule has 0 aromatic heterocycles. The third-order valence-corrected chi connectivity index (χ3v) is 3.52. The van der Waals surface area contributed by atoms with E-state index in [2.05, 4.69) is 21.2 Å². The van der Waals surface area contributed by atoms with Crippen LogP contribution in [0.3, 0.4) is 0 Å². The van der Waals surface area contributed by atoms with Gasteiger partial charge in [0.25, 0.3) is 0 Å². The van der Waals surface area contributed by atoms with Crippen molar-refractivity contribution in [1.29, 1.82) is 0 Å². The molecule has 19 heavy (non-hydrogen) atoms. The van der Waals surface area contributed by atoms with Crippen LogP contribution in [0.5, 0.6) is 0 Å². The third-order valence-electron chi connectivity index (χ3n) is 3.03. The van der Waals surface area contributed by atoms with Crippen molar-refractivity contribution in [3.8, 4) is 0 Å². The lowest BCUT2D eigenvalue weighted by Crippen LogP contribution is -2.34. The standard InChI is InChI=1S/C13H15BrN2O3/c14-10-2-1-3-11(7-10)16-8-9(6-12(16)18)13(19)15-4-5-17/h1-3,7,9,17H,4-6,8H2,(H,15,19). The normalized spacial score (nSPS) is 18.7. The predicted octanol–water partition coefficient (Wildman–Crippen LogP) is 0.910. The molecule has 0 bridgehead atoms. The number of nitrogens with one attached hydrogen (secondary N) is 1. The van der Waals surface area contributed by atoms with Gasteiger partial charge in [-0.25, -0.2) is 0 Å². The number of benzene rings is 1. The van der Waals surface area contributed by atoms with Gasteiger partial charge in [0.05, 0.1) is 12.5 Å². The van der Waals surface area contributed by atoms with E-state index < -0.39 is 0 Å². The Kier molecular flexibility index (Phi) is 4.55. The maximum absolute atomic E-state index is 12.0. The molecule has 2 amide bonds. The van der Waals surface area contributed by atoms with Crippen LogP contribution >= 0.6 is 15.9 Å². The van der Waals surface area contributed by atoms with Crippen LogP contribution in [0.15, 0.2) is 28.7 Å². The first-order chi connectivity index (χ1) is 9.11. The van der Waals surface area contributed by atoms with E-state index in [1.165, 1.54) is 0 Å². The minimum atomic E-state index is -0.349. The second-order valence-corrected chi connectivity index (χ2v) is 5.32. The van der Waals surface area contributed by atoms with E-state index >= 15 is 0 Å². The summed E-state index contributed by atoms with van der Waals surface area (Å²) in [5.74, 6) is -0.583. The smallest absolute Gasteiger partial charge is 0.227 e. The Bertz CT molecular complexity index is 493. The zero-order valence-electron chi connectivity index (χ0n) is 10.3. The van der Waals surface area contributed by atoms with Crippen molar-refractivity contribution >= 4 is 33.4 Å². The quantitative estimate of drug-likeness (QED) is 0.864. The SMILES string of the molecule is O=C(NCCO)C1CC(=O)N(c2cccc(Br)c2)C1. The predicted molar refractivity (Wildman–Crippen MR) is 74.7 cm³/mol. The van der Waals surface area contributed by atoms with Crippen molar-refractivity contribution < 1.29 is 14.7 Å². The number of carbonyl (C=O) groups excluding carboxylic acids is 2. The Morgan fingerprint density at radius 2 is 2.32 bits per heavy atom. The molecule has 2 N–H and O–H groups in total. The number of rotatable bonds is 4. The maximum atomic E-state index is 12.0. The van der Waals surface area contributed by atoms with Crippen molar-refractivity contribution in [2.75, 3.05) is 24.6 Å². The van der Waals surface area contributed by atoms with E-state index in [4.69, 9.17) is 5.11 Å². The average molecular weight is 327 g/mol. The van der Waals surface area contributed by atoms with Crippen molar-refractivity contribution in [2.24, 2.45) is 5.92 Å². The highest BCUT2D eigenvalue weighted by atomic mass is 79.9. The summed E-state index contributed by atoms with van der Waals surface area (Å²) in [4.78, 5) is 25.4. The van der Waals surface area contributed by atoms with Crippen LogP contribution in [0.1, 0.15) is 6.42 Å². The summed E-state index contributed by atoms with van der Waals surface area (Å²) in [5.41, 5.74) is 0.789. The molecule has 1 aromatic rings. The van der Waals surface area contributed by atoms with Gasteiger partial charge in [0.1, 0.15) is 0 Å². The summed E-state index contributed by atoms with van der Waals surface area (Å²) in [6.07, 6.45) is 0.212. The summed E-state index contributed by atoms with van der Waals surface area (Å²) >= 11 is 3.36. The zero-order chi connectivity index (χ0) is 13.8. The Balaban J connectivity index is 2.05. The van der Waals surface area contributed by atoms with E-state index in [0.29, 0.717) is 6.54 Å². The minimum Gasteiger partial charge on any atom is -0.395 e. The number of hydrogen-bond donors (Lipinski definition) is 2. The third kappa shape index (κ3) is 3.33. The number of aliphatic hydroxyl groups is 1. The molecule has 0 saturated carbocycles. The Hall–Kier alpha value is -1.40. The lowest BCUT2D eigenvalue weighted by molar-refractivity contribution is -0.126. The van der Waals surface area contributed by atoms with Crippen molar-refractivity contribution in [3.63, 3.8) is 0 Å². The van der Waals surface area contributed by atoms with E-state index in [-0.39, 0.29) is 37.3 Å². The molecule has 0 spiro atoms. The molecule has 1 heterocycles. The molecular formula is C13H15BrN2O3. The van der Waals surface area contributed by atoms with Gasteiger partial charge in [-0.1, -0.05) is 22.0 Å². The molecule has 0 aliphatic carbocycles. The van der Waals surface area contributed by atoms with Crippen LogP contribution in [-0.4, -0.2) is 36.6 Å². The second-order valence-electron chi connectivity index (χ2n) is 4.40. The van der Waals surface area contributed by atoms with Crippen LogP contribution in [-0.2, 0) is 9.59 Å². The molecular weight excluding hydrogens is 312 g/mol. The van der Waals surface area contributed by atoms with Crippen LogP contribution in [0.25, 0.3) is 0 Å². The van der Waals surface area contributed by atoms with Gasteiger partial charge in [-0.05, 0) is 18.2 Å². The number of anilines is 1. The highest BCUT2D eigenvalue weighted by molar-refractivity contribution is 9.10. The molecule has 6 heteroatoms. The summed E-state index contributed by atoms with van der Waals surface area (Å²) in [6, 6.07) is 7.43. The fourth-order valence-electron chi connectivity index (χ4n) is 2.10. The van der Waals surface area contributed by atoms with E-state index in [1.54, 1.807) is 4.90 Å². The lowest BCUT2D eigenvalue weighted by Gasteiger charge is -2.16. The van der Waals surface area contributed by atoms with Crippen molar-refractivity contribution in [1.82, 2.24) is 5.32 Å². The van der Waals surface area contributed by atoms with Crippen LogP contribution < -0.4 is 10.2 Å². The van der Waals surface area contributed by atoms with Crippen molar-refractivity contribution in [3.05, 3.63) is 28.7 Å². The van der Waals surface area contributed by atoms with Gasteiger partial charge in [-0.15, -0.1) is 0 Å². The highest BCUT2D eigenvalue weighted by Gasteiger charge is 2.34. The molecule has 0 radical (unpaired) electrons. The van der Waals surface area contributed by atoms with Gasteiger partial charge < -0.3 is 15.3 Å². The van der Waals surface area contributed by atoms with E-state index in [0.717, 1.165) is 10.2 Å². The minimum absolute atomic E-state index is 0.0535. The van der Waals surface area contributed by atoms with Crippen molar-refractivity contribution in [2.45, 2.75) is 6.42 Å². The summed E-state index contributed by atoms with van der Waals surface area (Å²) < 4.78 is 0.894. The topological polar surface area (TPSA) is 69.6 Å². The molecule has 2 rings (SSSR count). The molecule has 1 aromatic carbocycles. The Labute approximate surface area is 119 Å². The number of carbonyl (C=O) groups is 2. The van der Waals surface area contributed by atoms with E-state index in [9.17, 15) is 9.59 Å².